The monoisotopic (exact) mass is 408 g/mol. The number of fused-ring (bicyclic) bond motifs is 1. The van der Waals surface area contributed by atoms with E-state index in [0.29, 0.717) is 22.2 Å². The molecule has 2 aromatic rings. The Morgan fingerprint density at radius 2 is 1.92 bits per heavy atom. The number of benzene rings is 2. The van der Waals surface area contributed by atoms with Gasteiger partial charge in [-0.15, -0.1) is 0 Å². The molecule has 4 nitrogen and oxygen atoms in total. The van der Waals surface area contributed by atoms with Crippen LogP contribution in [-0.2, 0) is 11.2 Å². The van der Waals surface area contributed by atoms with Gasteiger partial charge in [-0.25, -0.2) is 0 Å². The molecule has 1 aliphatic rings. The van der Waals surface area contributed by atoms with Gasteiger partial charge in [-0.1, -0.05) is 53.5 Å². The smallest absolute Gasteiger partial charge is 0.268 e. The second-order valence-electron chi connectivity index (χ2n) is 5.97. The molecule has 0 fully saturated rings. The Kier molecular flexibility index (Phi) is 6.14. The summed E-state index contributed by atoms with van der Waals surface area (Å²) in [5, 5.41) is 13.5. The Labute approximate surface area is 166 Å². The van der Waals surface area contributed by atoms with Crippen molar-refractivity contribution >= 4 is 47.1 Å². The molecule has 0 aromatic heterocycles. The summed E-state index contributed by atoms with van der Waals surface area (Å²) in [5.41, 5.74) is 2.39. The molecule has 3 rings (SSSR count). The molecule has 2 aromatic carbocycles. The standard InChI is InChI=1S/C19H18Cl2N2O2S/c1-23-17(9-13-8-15(20)16(21)10-18(13)26-23)19(25)22-14(11-24)7-12-5-3-2-4-6-12/h2-6,8-10,14,24H,7,11H2,1H3,(H,22,25)/t14-/m0/s1. The van der Waals surface area contributed by atoms with Gasteiger partial charge in [-0.05, 0) is 47.7 Å². The predicted octanol–water partition coefficient (Wildman–Crippen LogP) is 4.01. The van der Waals surface area contributed by atoms with Gasteiger partial charge in [-0.2, -0.15) is 0 Å². The largest absolute Gasteiger partial charge is 0.394 e. The van der Waals surface area contributed by atoms with Crippen LogP contribution in [0.15, 0.2) is 53.1 Å². The lowest BCUT2D eigenvalue weighted by Gasteiger charge is -2.27. The van der Waals surface area contributed by atoms with Crippen LogP contribution in [0.2, 0.25) is 10.0 Å². The number of carbonyl (C=O) groups excluding carboxylic acids is 1. The number of rotatable bonds is 5. The van der Waals surface area contributed by atoms with Gasteiger partial charge in [0.25, 0.3) is 5.91 Å². The van der Waals surface area contributed by atoms with Gasteiger partial charge in [0.15, 0.2) is 0 Å². The van der Waals surface area contributed by atoms with Crippen LogP contribution in [0.3, 0.4) is 0 Å². The Morgan fingerprint density at radius 1 is 1.23 bits per heavy atom. The Hall–Kier alpha value is -1.66. The SMILES string of the molecule is CN1Sc2cc(Cl)c(Cl)cc2C=C1C(=O)N[C@H](CO)Cc1ccccc1. The van der Waals surface area contributed by atoms with Crippen LogP contribution in [0.1, 0.15) is 11.1 Å². The number of likely N-dealkylation sites (N-methyl/N-ethyl adjacent to an activating group) is 1. The van der Waals surface area contributed by atoms with Crippen LogP contribution in [0.25, 0.3) is 6.08 Å². The summed E-state index contributed by atoms with van der Waals surface area (Å²) in [6.07, 6.45) is 2.34. The first-order chi connectivity index (χ1) is 12.5. The zero-order chi connectivity index (χ0) is 18.7. The number of hydrogen-bond acceptors (Lipinski definition) is 4. The summed E-state index contributed by atoms with van der Waals surface area (Å²) >= 11 is 13.6. The molecule has 0 radical (unpaired) electrons. The van der Waals surface area contributed by atoms with Crippen LogP contribution < -0.4 is 5.32 Å². The first-order valence-corrected chi connectivity index (χ1v) is 9.59. The maximum absolute atomic E-state index is 12.7. The van der Waals surface area contributed by atoms with Gasteiger partial charge in [0.2, 0.25) is 0 Å². The molecule has 26 heavy (non-hydrogen) atoms. The van der Waals surface area contributed by atoms with Crippen LogP contribution in [0, 0.1) is 0 Å². The molecule has 1 amide bonds. The molecule has 0 saturated carbocycles. The highest BCUT2D eigenvalue weighted by atomic mass is 35.5. The summed E-state index contributed by atoms with van der Waals surface area (Å²) in [6, 6.07) is 12.9. The molecule has 7 heteroatoms. The molecule has 0 spiro atoms. The topological polar surface area (TPSA) is 52.6 Å². The van der Waals surface area contributed by atoms with Crippen molar-refractivity contribution in [3.05, 3.63) is 69.3 Å². The first-order valence-electron chi connectivity index (χ1n) is 8.06. The average Bonchev–Trinajstić information content (AvgIpc) is 2.63. The van der Waals surface area contributed by atoms with Crippen molar-refractivity contribution in [1.82, 2.24) is 9.62 Å². The minimum absolute atomic E-state index is 0.136. The van der Waals surface area contributed by atoms with Gasteiger partial charge in [-0.3, -0.25) is 4.79 Å². The molecule has 0 bridgehead atoms. The minimum atomic E-state index is -0.362. The average molecular weight is 409 g/mol. The number of hydrogen-bond donors (Lipinski definition) is 2. The zero-order valence-electron chi connectivity index (χ0n) is 14.1. The van der Waals surface area contributed by atoms with Crippen molar-refractivity contribution in [2.24, 2.45) is 0 Å². The van der Waals surface area contributed by atoms with Crippen molar-refractivity contribution in [2.75, 3.05) is 13.7 Å². The lowest BCUT2D eigenvalue weighted by Crippen LogP contribution is -2.42. The highest BCUT2D eigenvalue weighted by Gasteiger charge is 2.24. The highest BCUT2D eigenvalue weighted by Crippen LogP contribution is 2.39. The number of halogens is 2. The molecule has 0 unspecified atom stereocenters. The van der Waals surface area contributed by atoms with Gasteiger partial charge in [0, 0.05) is 11.9 Å². The number of amides is 1. The maximum Gasteiger partial charge on any atom is 0.268 e. The summed E-state index contributed by atoms with van der Waals surface area (Å²) in [7, 11) is 1.81. The summed E-state index contributed by atoms with van der Waals surface area (Å²) in [4.78, 5) is 13.7. The van der Waals surface area contributed by atoms with E-state index in [1.54, 1.807) is 22.5 Å². The molecule has 1 atom stereocenters. The van der Waals surface area contributed by atoms with E-state index >= 15 is 0 Å². The first kappa shape index (κ1) is 19.1. The van der Waals surface area contributed by atoms with E-state index in [4.69, 9.17) is 23.2 Å². The molecular formula is C19H18Cl2N2O2S. The molecule has 1 heterocycles. The van der Waals surface area contributed by atoms with E-state index in [2.05, 4.69) is 5.32 Å². The fourth-order valence-electron chi connectivity index (χ4n) is 2.70. The lowest BCUT2D eigenvalue weighted by molar-refractivity contribution is -0.119. The molecule has 136 valence electrons. The van der Waals surface area contributed by atoms with Crippen molar-refractivity contribution in [1.29, 1.82) is 0 Å². The second kappa shape index (κ2) is 8.35. The zero-order valence-corrected chi connectivity index (χ0v) is 16.4. The molecule has 0 saturated heterocycles. The van der Waals surface area contributed by atoms with E-state index in [9.17, 15) is 9.90 Å². The number of nitrogens with one attached hydrogen (secondary N) is 1. The van der Waals surface area contributed by atoms with Gasteiger partial charge >= 0.3 is 0 Å². The predicted molar refractivity (Wildman–Crippen MR) is 107 cm³/mol. The third-order valence-electron chi connectivity index (χ3n) is 4.03. The van der Waals surface area contributed by atoms with Crippen LogP contribution in [0.5, 0.6) is 0 Å². The number of carbonyl (C=O) groups is 1. The van der Waals surface area contributed by atoms with E-state index < -0.39 is 0 Å². The Morgan fingerprint density at radius 3 is 2.62 bits per heavy atom. The third kappa shape index (κ3) is 4.35. The van der Waals surface area contributed by atoms with E-state index in [-0.39, 0.29) is 18.6 Å². The van der Waals surface area contributed by atoms with Gasteiger partial charge < -0.3 is 14.7 Å². The van der Waals surface area contributed by atoms with Crippen molar-refractivity contribution < 1.29 is 9.90 Å². The quantitative estimate of drug-likeness (QED) is 0.733. The van der Waals surface area contributed by atoms with Gasteiger partial charge in [0.05, 0.1) is 22.7 Å². The van der Waals surface area contributed by atoms with Crippen molar-refractivity contribution in [2.45, 2.75) is 17.4 Å². The number of nitrogens with zero attached hydrogens (tertiary/aromatic N) is 1. The van der Waals surface area contributed by atoms with Crippen molar-refractivity contribution in [3.8, 4) is 0 Å². The van der Waals surface area contributed by atoms with E-state index in [1.165, 1.54) is 11.9 Å². The Bertz CT molecular complexity index is 843. The summed E-state index contributed by atoms with van der Waals surface area (Å²) in [5.74, 6) is -0.244. The third-order valence-corrected chi connectivity index (χ3v) is 5.78. The van der Waals surface area contributed by atoms with E-state index in [0.717, 1.165) is 16.0 Å². The van der Waals surface area contributed by atoms with Gasteiger partial charge in [0.1, 0.15) is 5.70 Å². The lowest BCUT2D eigenvalue weighted by atomic mass is 10.1. The Balaban J connectivity index is 1.77. The molecule has 2 N–H and O–H groups in total. The normalized spacial score (nSPS) is 14.5. The summed E-state index contributed by atoms with van der Waals surface area (Å²) < 4.78 is 1.78. The van der Waals surface area contributed by atoms with Crippen LogP contribution >= 0.6 is 35.1 Å². The fourth-order valence-corrected chi connectivity index (χ4v) is 4.02. The second-order valence-corrected chi connectivity index (χ2v) is 7.95. The van der Waals surface area contributed by atoms with Crippen molar-refractivity contribution in [3.63, 3.8) is 0 Å². The molecule has 0 aliphatic carbocycles. The maximum atomic E-state index is 12.7. The van der Waals surface area contributed by atoms with Crippen LogP contribution in [0.4, 0.5) is 0 Å². The van der Waals surface area contributed by atoms with Crippen LogP contribution in [-0.4, -0.2) is 35.0 Å². The van der Waals surface area contributed by atoms with E-state index in [1.807, 2.05) is 37.4 Å². The number of aliphatic hydroxyl groups excluding tert-OH is 1. The number of aliphatic hydroxyl groups is 1. The summed E-state index contributed by atoms with van der Waals surface area (Å²) in [6.45, 7) is -0.136. The highest BCUT2D eigenvalue weighted by molar-refractivity contribution is 7.97. The molecular weight excluding hydrogens is 391 g/mol. The fraction of sp³-hybridized carbons (Fsp3) is 0.211. The minimum Gasteiger partial charge on any atom is -0.394 e. The molecule has 1 aliphatic heterocycles.